The number of carbonyl (C=O) groups excluding carboxylic acids is 1. The smallest absolute Gasteiger partial charge is 0.226 e. The van der Waals surface area contributed by atoms with E-state index in [0.29, 0.717) is 5.11 Å². The van der Waals surface area contributed by atoms with Crippen LogP contribution in [0.5, 0.6) is 5.75 Å². The van der Waals surface area contributed by atoms with Crippen LogP contribution in [0, 0.1) is 26.7 Å². The van der Waals surface area contributed by atoms with Gasteiger partial charge in [0, 0.05) is 40.6 Å². The lowest BCUT2D eigenvalue weighted by atomic mass is 9.96. The lowest BCUT2D eigenvalue weighted by molar-refractivity contribution is -0.118. The first-order chi connectivity index (χ1) is 19.2. The van der Waals surface area contributed by atoms with Crippen molar-refractivity contribution in [2.45, 2.75) is 46.7 Å². The largest absolute Gasteiger partial charge is 0.497 e. The molecule has 8 heteroatoms. The van der Waals surface area contributed by atoms with Crippen LogP contribution in [0.2, 0.25) is 0 Å². The van der Waals surface area contributed by atoms with Crippen molar-refractivity contribution in [3.05, 3.63) is 101 Å². The molecule has 2 atom stereocenters. The van der Waals surface area contributed by atoms with Crippen molar-refractivity contribution in [3.8, 4) is 11.4 Å². The summed E-state index contributed by atoms with van der Waals surface area (Å²) in [5.74, 6) is 0.716. The Bertz CT molecular complexity index is 1550. The van der Waals surface area contributed by atoms with E-state index in [-0.39, 0.29) is 23.9 Å². The molecule has 1 aliphatic rings. The van der Waals surface area contributed by atoms with Gasteiger partial charge >= 0.3 is 0 Å². The first kappa shape index (κ1) is 27.4. The third-order valence-corrected chi connectivity index (χ3v) is 7.80. The third kappa shape index (κ3) is 5.07. The number of aryl methyl sites for hydroxylation is 2. The number of carbonyl (C=O) groups is 1. The Hall–Kier alpha value is -4.17. The maximum Gasteiger partial charge on any atom is 0.226 e. The van der Waals surface area contributed by atoms with Crippen LogP contribution in [-0.4, -0.2) is 27.7 Å². The van der Waals surface area contributed by atoms with Crippen molar-refractivity contribution in [1.82, 2.24) is 14.9 Å². The van der Waals surface area contributed by atoms with E-state index in [1.54, 1.807) is 7.11 Å². The van der Waals surface area contributed by atoms with Gasteiger partial charge < -0.3 is 24.8 Å². The SMILES string of the molecule is COc1ccc(-n2c(C)cc([C@H]3[C@@H](c4ccccn4)NC(=S)N3c3ccc(NC(=O)C(C)C)c(C)c3)c2C)cc1. The van der Waals surface area contributed by atoms with Gasteiger partial charge in [0.2, 0.25) is 5.91 Å². The van der Waals surface area contributed by atoms with E-state index in [1.165, 1.54) is 0 Å². The molecule has 0 aliphatic carbocycles. The number of anilines is 2. The lowest BCUT2D eigenvalue weighted by Crippen LogP contribution is -2.29. The maximum atomic E-state index is 12.4. The van der Waals surface area contributed by atoms with Crippen LogP contribution >= 0.6 is 12.2 Å². The molecule has 2 N–H and O–H groups in total. The fraction of sp³-hybridized carbons (Fsp3) is 0.281. The number of pyridine rings is 1. The molecule has 0 saturated carbocycles. The van der Waals surface area contributed by atoms with Gasteiger partial charge in [0.15, 0.2) is 5.11 Å². The minimum absolute atomic E-state index is 0.00623. The minimum atomic E-state index is -0.154. The summed E-state index contributed by atoms with van der Waals surface area (Å²) in [5, 5.41) is 7.23. The third-order valence-electron chi connectivity index (χ3n) is 7.49. The molecule has 0 spiro atoms. The van der Waals surface area contributed by atoms with E-state index in [2.05, 4.69) is 58.2 Å². The molecule has 1 fully saturated rings. The first-order valence-corrected chi connectivity index (χ1v) is 13.9. The molecule has 1 aliphatic heterocycles. The van der Waals surface area contributed by atoms with Crippen LogP contribution in [0.3, 0.4) is 0 Å². The van der Waals surface area contributed by atoms with Gasteiger partial charge in [0.25, 0.3) is 0 Å². The Morgan fingerprint density at radius 1 is 1.02 bits per heavy atom. The Labute approximate surface area is 241 Å². The number of amides is 1. The fourth-order valence-corrected chi connectivity index (χ4v) is 5.73. The molecule has 0 unspecified atom stereocenters. The number of benzene rings is 2. The summed E-state index contributed by atoms with van der Waals surface area (Å²) in [7, 11) is 1.67. The summed E-state index contributed by atoms with van der Waals surface area (Å²) in [4.78, 5) is 19.2. The molecule has 5 rings (SSSR count). The summed E-state index contributed by atoms with van der Waals surface area (Å²) in [6, 6.07) is 22.1. The quantitative estimate of drug-likeness (QED) is 0.252. The molecule has 2 aromatic heterocycles. The average Bonchev–Trinajstić information content (AvgIpc) is 3.44. The normalized spacial score (nSPS) is 16.8. The van der Waals surface area contributed by atoms with Gasteiger partial charge in [-0.05, 0) is 105 Å². The molecular weight excluding hydrogens is 518 g/mol. The number of methoxy groups -OCH3 is 1. The van der Waals surface area contributed by atoms with Crippen molar-refractivity contribution >= 4 is 34.6 Å². The number of hydrogen-bond acceptors (Lipinski definition) is 4. The Morgan fingerprint density at radius 3 is 2.38 bits per heavy atom. The van der Waals surface area contributed by atoms with E-state index < -0.39 is 0 Å². The molecule has 7 nitrogen and oxygen atoms in total. The molecule has 206 valence electrons. The predicted molar refractivity (Wildman–Crippen MR) is 164 cm³/mol. The topological polar surface area (TPSA) is 71.4 Å². The maximum absolute atomic E-state index is 12.4. The van der Waals surface area contributed by atoms with Crippen LogP contribution in [-0.2, 0) is 4.79 Å². The summed E-state index contributed by atoms with van der Waals surface area (Å²) in [5.41, 5.74) is 8.12. The predicted octanol–water partition coefficient (Wildman–Crippen LogP) is 6.58. The Balaban J connectivity index is 1.60. The zero-order valence-corrected chi connectivity index (χ0v) is 24.5. The second-order valence-corrected chi connectivity index (χ2v) is 10.9. The second-order valence-electron chi connectivity index (χ2n) is 10.5. The van der Waals surface area contributed by atoms with Crippen LogP contribution < -0.4 is 20.3 Å². The number of thiocarbonyl (C=S) groups is 1. The molecule has 3 heterocycles. The van der Waals surface area contributed by atoms with Crippen LogP contribution in [0.25, 0.3) is 5.69 Å². The summed E-state index contributed by atoms with van der Waals surface area (Å²) >= 11 is 5.96. The van der Waals surface area contributed by atoms with Gasteiger partial charge in [0.1, 0.15) is 5.75 Å². The van der Waals surface area contributed by atoms with Crippen LogP contribution in [0.1, 0.15) is 54.1 Å². The van der Waals surface area contributed by atoms with Gasteiger partial charge in [-0.3, -0.25) is 9.78 Å². The summed E-state index contributed by atoms with van der Waals surface area (Å²) in [6.07, 6.45) is 1.82. The van der Waals surface area contributed by atoms with Gasteiger partial charge in [-0.2, -0.15) is 0 Å². The van der Waals surface area contributed by atoms with Crippen molar-refractivity contribution in [2.24, 2.45) is 5.92 Å². The molecule has 1 amide bonds. The van der Waals surface area contributed by atoms with Crippen LogP contribution in [0.4, 0.5) is 11.4 Å². The zero-order chi connectivity index (χ0) is 28.6. The fourth-order valence-electron chi connectivity index (χ4n) is 5.38. The molecule has 40 heavy (non-hydrogen) atoms. The molecule has 0 radical (unpaired) electrons. The van der Waals surface area contributed by atoms with Gasteiger partial charge in [-0.1, -0.05) is 19.9 Å². The highest BCUT2D eigenvalue weighted by Gasteiger charge is 2.42. The number of hydrogen-bond donors (Lipinski definition) is 2. The van der Waals surface area contributed by atoms with Crippen molar-refractivity contribution < 1.29 is 9.53 Å². The van der Waals surface area contributed by atoms with Crippen LogP contribution in [0.15, 0.2) is 72.9 Å². The zero-order valence-electron chi connectivity index (χ0n) is 23.7. The standard InChI is InChI=1S/C32H35N5O2S/c1-19(2)31(38)34-27-15-12-24(17-20(27)3)37-30(29(35-32(37)40)28-9-7-8-16-33-28)26-18-21(4)36(22(26)5)23-10-13-25(39-6)14-11-23/h7-19,29-30H,1-6H3,(H,34,38)(H,35,40)/t29-,30+/m1/s1. The van der Waals surface area contributed by atoms with Gasteiger partial charge in [0.05, 0.1) is 24.9 Å². The Morgan fingerprint density at radius 2 is 1.75 bits per heavy atom. The number of aromatic nitrogens is 2. The highest BCUT2D eigenvalue weighted by atomic mass is 32.1. The molecule has 2 aromatic carbocycles. The number of rotatable bonds is 7. The van der Waals surface area contributed by atoms with Gasteiger partial charge in [-0.15, -0.1) is 0 Å². The molecular formula is C32H35N5O2S. The minimum Gasteiger partial charge on any atom is -0.497 e. The monoisotopic (exact) mass is 553 g/mol. The summed E-state index contributed by atoms with van der Waals surface area (Å²) < 4.78 is 7.64. The molecule has 0 bridgehead atoms. The van der Waals surface area contributed by atoms with E-state index >= 15 is 0 Å². The molecule has 1 saturated heterocycles. The van der Waals surface area contributed by atoms with E-state index in [4.69, 9.17) is 21.9 Å². The molecule has 4 aromatic rings. The number of nitrogens with zero attached hydrogens (tertiary/aromatic N) is 3. The highest BCUT2D eigenvalue weighted by Crippen LogP contribution is 2.44. The van der Waals surface area contributed by atoms with Crippen molar-refractivity contribution in [2.75, 3.05) is 17.3 Å². The lowest BCUT2D eigenvalue weighted by Gasteiger charge is -2.29. The van der Waals surface area contributed by atoms with Gasteiger partial charge in [-0.25, -0.2) is 0 Å². The van der Waals surface area contributed by atoms with Crippen molar-refractivity contribution in [3.63, 3.8) is 0 Å². The number of ether oxygens (including phenoxy) is 1. The first-order valence-electron chi connectivity index (χ1n) is 13.4. The van der Waals surface area contributed by atoms with E-state index in [0.717, 1.165) is 51.0 Å². The van der Waals surface area contributed by atoms with E-state index in [1.807, 2.05) is 69.4 Å². The second kappa shape index (κ2) is 11.1. The number of nitrogens with one attached hydrogen (secondary N) is 2. The average molecular weight is 554 g/mol. The highest BCUT2D eigenvalue weighted by molar-refractivity contribution is 7.80. The summed E-state index contributed by atoms with van der Waals surface area (Å²) in [6.45, 7) is 10.1. The van der Waals surface area contributed by atoms with E-state index in [9.17, 15) is 4.79 Å². The Kier molecular flexibility index (Phi) is 7.63. The van der Waals surface area contributed by atoms with Crippen molar-refractivity contribution in [1.29, 1.82) is 0 Å².